The second kappa shape index (κ2) is 12.3. The van der Waals surface area contributed by atoms with Crippen LogP contribution in [0.15, 0.2) is 0 Å². The Bertz CT molecular complexity index is 440. The minimum absolute atomic E-state index is 0.205. The molecule has 3 N–H and O–H groups in total. The largest absolute Gasteiger partial charge is 0.369 e. The highest BCUT2D eigenvalue weighted by Crippen LogP contribution is 2.15. The van der Waals surface area contributed by atoms with Crippen LogP contribution in [0.3, 0.4) is 0 Å². The Hall–Kier alpha value is -1.22. The molecule has 0 unspecified atom stereocenters. The molecule has 0 aromatic rings. The van der Waals surface area contributed by atoms with E-state index >= 15 is 0 Å². The fourth-order valence-corrected chi connectivity index (χ4v) is 3.43. The van der Waals surface area contributed by atoms with Crippen molar-refractivity contribution in [3.8, 4) is 0 Å². The molecule has 0 spiro atoms. The normalized spacial score (nSPS) is 20.6. The van der Waals surface area contributed by atoms with Gasteiger partial charge in [-0.15, -0.1) is 0 Å². The van der Waals surface area contributed by atoms with E-state index in [1.54, 1.807) is 0 Å². The Morgan fingerprint density at radius 3 is 1.85 bits per heavy atom. The van der Waals surface area contributed by atoms with Crippen molar-refractivity contribution in [2.75, 3.05) is 78.7 Å². The molecule has 1 rings (SSSR count). The van der Waals surface area contributed by atoms with Crippen molar-refractivity contribution >= 4 is 12.3 Å². The fraction of sp³-hybridized carbons (Fsp3) is 0.895. The molecule has 1 aliphatic rings. The molecule has 1 aliphatic heterocycles. The van der Waals surface area contributed by atoms with Crippen molar-refractivity contribution in [3.63, 3.8) is 0 Å². The minimum Gasteiger partial charge on any atom is -0.369 e. The maximum atomic E-state index is 11.5. The zero-order valence-electron chi connectivity index (χ0n) is 17.7. The number of nitrogens with zero attached hydrogens (tertiary/aromatic N) is 4. The molecule has 1 saturated heterocycles. The van der Waals surface area contributed by atoms with Gasteiger partial charge in [0.15, 0.2) is 0 Å². The minimum atomic E-state index is -0.265. The Kier molecular flexibility index (Phi) is 10.8. The number of hydrogen-bond donors (Lipinski definition) is 2. The van der Waals surface area contributed by atoms with Crippen LogP contribution in [0, 0.1) is 5.41 Å². The number of amides is 2. The predicted molar refractivity (Wildman–Crippen MR) is 109 cm³/mol. The summed E-state index contributed by atoms with van der Waals surface area (Å²) in [6.07, 6.45) is 0.766. The number of likely N-dealkylation sites (N-methyl/N-ethyl adjacent to an activating group) is 1. The van der Waals surface area contributed by atoms with Crippen LogP contribution in [-0.4, -0.2) is 111 Å². The highest BCUT2D eigenvalue weighted by molar-refractivity contribution is 5.75. The van der Waals surface area contributed by atoms with E-state index in [9.17, 15) is 9.59 Å². The van der Waals surface area contributed by atoms with Crippen molar-refractivity contribution < 1.29 is 9.59 Å². The van der Waals surface area contributed by atoms with Gasteiger partial charge in [-0.05, 0) is 12.0 Å². The molecule has 2 amide bonds. The van der Waals surface area contributed by atoms with Gasteiger partial charge in [0.25, 0.3) is 0 Å². The summed E-state index contributed by atoms with van der Waals surface area (Å²) < 4.78 is 0. The van der Waals surface area contributed by atoms with Gasteiger partial charge in [-0.1, -0.05) is 27.7 Å². The van der Waals surface area contributed by atoms with Crippen molar-refractivity contribution in [2.45, 2.75) is 27.7 Å². The second-order valence-electron chi connectivity index (χ2n) is 8.61. The second-order valence-corrected chi connectivity index (χ2v) is 8.61. The van der Waals surface area contributed by atoms with E-state index in [0.29, 0.717) is 13.2 Å². The van der Waals surface area contributed by atoms with E-state index in [0.717, 1.165) is 71.9 Å². The van der Waals surface area contributed by atoms with Gasteiger partial charge in [-0.25, -0.2) is 0 Å². The first-order valence-corrected chi connectivity index (χ1v) is 10.1. The monoisotopic (exact) mass is 384 g/mol. The molecule has 0 aliphatic carbocycles. The molecule has 27 heavy (non-hydrogen) atoms. The highest BCUT2D eigenvalue weighted by Gasteiger charge is 2.20. The number of nitrogens with one attached hydrogen (secondary N) is 1. The van der Waals surface area contributed by atoms with Gasteiger partial charge in [-0.2, -0.15) is 0 Å². The average Bonchev–Trinajstić information content (AvgIpc) is 2.57. The van der Waals surface area contributed by atoms with Crippen LogP contribution in [0.1, 0.15) is 27.7 Å². The molecule has 8 nitrogen and oxygen atoms in total. The molecule has 1 heterocycles. The van der Waals surface area contributed by atoms with E-state index < -0.39 is 0 Å². The molecule has 1 fully saturated rings. The first-order valence-electron chi connectivity index (χ1n) is 10.1. The van der Waals surface area contributed by atoms with Gasteiger partial charge < -0.3 is 20.9 Å². The lowest BCUT2D eigenvalue weighted by Crippen LogP contribution is -2.49. The zero-order chi connectivity index (χ0) is 20.3. The number of hydrogen-bond acceptors (Lipinski definition) is 6. The van der Waals surface area contributed by atoms with E-state index in [4.69, 9.17) is 5.73 Å². The predicted octanol–water partition coefficient (Wildman–Crippen LogP) is -0.537. The molecule has 0 atom stereocenters. The van der Waals surface area contributed by atoms with Crippen molar-refractivity contribution in [1.82, 2.24) is 24.9 Å². The number of rotatable bonds is 7. The molecule has 0 aromatic heterocycles. The Morgan fingerprint density at radius 1 is 0.926 bits per heavy atom. The van der Waals surface area contributed by atoms with Crippen LogP contribution in [0.25, 0.3) is 0 Å². The lowest BCUT2D eigenvalue weighted by molar-refractivity contribution is -0.119. The van der Waals surface area contributed by atoms with Crippen LogP contribution in [0.5, 0.6) is 0 Å². The topological polar surface area (TPSA) is 85.2 Å². The van der Waals surface area contributed by atoms with Gasteiger partial charge in [0.05, 0.1) is 13.2 Å². The highest BCUT2D eigenvalue weighted by atomic mass is 16.1. The van der Waals surface area contributed by atoms with E-state index in [-0.39, 0.29) is 11.3 Å². The third kappa shape index (κ3) is 11.3. The molecule has 8 heteroatoms. The summed E-state index contributed by atoms with van der Waals surface area (Å²) in [7, 11) is 0. The molecule has 158 valence electrons. The fourth-order valence-electron chi connectivity index (χ4n) is 3.43. The van der Waals surface area contributed by atoms with Gasteiger partial charge in [0.2, 0.25) is 12.3 Å². The summed E-state index contributed by atoms with van der Waals surface area (Å²) >= 11 is 0. The quantitative estimate of drug-likeness (QED) is 0.574. The zero-order valence-corrected chi connectivity index (χ0v) is 17.7. The Balaban J connectivity index is 2.83. The van der Waals surface area contributed by atoms with E-state index in [1.165, 1.54) is 0 Å². The van der Waals surface area contributed by atoms with Gasteiger partial charge in [0, 0.05) is 58.9 Å². The molecular weight excluding hydrogens is 344 g/mol. The van der Waals surface area contributed by atoms with Crippen LogP contribution >= 0.6 is 0 Å². The lowest BCUT2D eigenvalue weighted by atomic mass is 9.96. The summed E-state index contributed by atoms with van der Waals surface area (Å²) in [6, 6.07) is 0. The standard InChI is InChI=1S/C19H40N6O2/c1-5-22-6-8-23(14-18(20)27)9-10-24(15-19(2,3)4)11-13-25(12-7-22)16-21-17-26/h17H,5-16H2,1-4H3,(H2,20,27)(H,21,26). The average molecular weight is 385 g/mol. The summed E-state index contributed by atoms with van der Waals surface area (Å²) in [4.78, 5) is 31.5. The lowest BCUT2D eigenvalue weighted by Gasteiger charge is -2.35. The Labute approximate surface area is 165 Å². The van der Waals surface area contributed by atoms with Crippen LogP contribution in [0.2, 0.25) is 0 Å². The summed E-state index contributed by atoms with van der Waals surface area (Å²) in [5.74, 6) is -0.265. The maximum Gasteiger partial charge on any atom is 0.231 e. The van der Waals surface area contributed by atoms with E-state index in [1.807, 2.05) is 0 Å². The smallest absolute Gasteiger partial charge is 0.231 e. The van der Waals surface area contributed by atoms with Crippen molar-refractivity contribution in [2.24, 2.45) is 11.1 Å². The number of carbonyl (C=O) groups is 2. The first kappa shape index (κ1) is 23.8. The maximum absolute atomic E-state index is 11.5. The van der Waals surface area contributed by atoms with E-state index in [2.05, 4.69) is 52.6 Å². The first-order chi connectivity index (χ1) is 12.7. The van der Waals surface area contributed by atoms with Crippen molar-refractivity contribution in [1.29, 1.82) is 0 Å². The SMILES string of the molecule is CCN1CCN(CNC=O)CCN(CC(C)(C)C)CCN(CC(N)=O)CC1. The number of primary amides is 1. The molecule has 0 saturated carbocycles. The van der Waals surface area contributed by atoms with Crippen LogP contribution < -0.4 is 11.1 Å². The van der Waals surface area contributed by atoms with Gasteiger partial charge >= 0.3 is 0 Å². The van der Waals surface area contributed by atoms with Gasteiger partial charge in [-0.3, -0.25) is 19.4 Å². The number of nitrogens with two attached hydrogens (primary N) is 1. The third-order valence-corrected chi connectivity index (χ3v) is 4.85. The Morgan fingerprint density at radius 2 is 1.41 bits per heavy atom. The summed E-state index contributed by atoms with van der Waals surface area (Å²) in [5.41, 5.74) is 5.66. The van der Waals surface area contributed by atoms with Crippen LogP contribution in [-0.2, 0) is 9.59 Å². The van der Waals surface area contributed by atoms with Gasteiger partial charge in [0.1, 0.15) is 0 Å². The molecule has 0 bridgehead atoms. The third-order valence-electron chi connectivity index (χ3n) is 4.85. The number of carbonyl (C=O) groups excluding carboxylic acids is 2. The molecule has 0 radical (unpaired) electrons. The van der Waals surface area contributed by atoms with Crippen molar-refractivity contribution in [3.05, 3.63) is 0 Å². The molecular formula is C19H40N6O2. The van der Waals surface area contributed by atoms with Crippen LogP contribution in [0.4, 0.5) is 0 Å². The summed E-state index contributed by atoms with van der Waals surface area (Å²) in [6.45, 7) is 19.0. The summed E-state index contributed by atoms with van der Waals surface area (Å²) in [5, 5.41) is 2.80. The molecule has 0 aromatic carbocycles.